The Morgan fingerprint density at radius 3 is 2.89 bits per heavy atom. The van der Waals surface area contributed by atoms with Crippen LogP contribution in [-0.4, -0.2) is 9.78 Å². The Hall–Kier alpha value is -1.31. The molecule has 9 heavy (non-hydrogen) atoms. The van der Waals surface area contributed by atoms with Gasteiger partial charge < -0.3 is 0 Å². The fourth-order valence-electron chi connectivity index (χ4n) is 0.532. The predicted octanol–water partition coefficient (Wildman–Crippen LogP) is 1.54. The first-order chi connectivity index (χ1) is 4.34. The quantitative estimate of drug-likeness (QED) is 0.541. The number of aromatic nitrogens is 2. The molecule has 0 amide bonds. The molecule has 0 saturated heterocycles. The summed E-state index contributed by atoms with van der Waals surface area (Å²) in [7, 11) is 0. The van der Waals surface area contributed by atoms with Gasteiger partial charge in [0, 0.05) is 12.4 Å². The van der Waals surface area contributed by atoms with E-state index in [9.17, 15) is 0 Å². The number of hydrogen-bond donors (Lipinski definition) is 0. The molecule has 1 heterocycles. The van der Waals surface area contributed by atoms with E-state index in [1.165, 1.54) is 0 Å². The van der Waals surface area contributed by atoms with Crippen LogP contribution >= 0.6 is 0 Å². The summed E-state index contributed by atoms with van der Waals surface area (Å²) >= 11 is 0. The fraction of sp³-hybridized carbons (Fsp3) is 0. The second kappa shape index (κ2) is 2.31. The van der Waals surface area contributed by atoms with Crippen LogP contribution in [0, 0.1) is 0 Å². The second-order valence-corrected chi connectivity index (χ2v) is 1.65. The van der Waals surface area contributed by atoms with Gasteiger partial charge in [0.2, 0.25) is 0 Å². The van der Waals surface area contributed by atoms with Gasteiger partial charge in [0.15, 0.2) is 0 Å². The zero-order valence-electron chi connectivity index (χ0n) is 5.12. The first kappa shape index (κ1) is 5.82. The number of allylic oxidation sites excluding steroid dienone is 2. The molecule has 0 N–H and O–H groups in total. The van der Waals surface area contributed by atoms with E-state index >= 15 is 0 Å². The van der Waals surface area contributed by atoms with Crippen LogP contribution in [0.3, 0.4) is 0 Å². The lowest BCUT2D eigenvalue weighted by molar-refractivity contribution is 0.913. The van der Waals surface area contributed by atoms with Gasteiger partial charge in [-0.3, -0.25) is 0 Å². The zero-order valence-corrected chi connectivity index (χ0v) is 5.12. The molecule has 46 valence electrons. The lowest BCUT2D eigenvalue weighted by Crippen LogP contribution is -1.91. The van der Waals surface area contributed by atoms with E-state index in [2.05, 4.69) is 18.3 Å². The topological polar surface area (TPSA) is 17.8 Å². The summed E-state index contributed by atoms with van der Waals surface area (Å²) in [4.78, 5) is 0. The molecule has 0 radical (unpaired) electrons. The van der Waals surface area contributed by atoms with E-state index < -0.39 is 0 Å². The van der Waals surface area contributed by atoms with Gasteiger partial charge in [-0.05, 0) is 12.1 Å². The van der Waals surface area contributed by atoms with Crippen LogP contribution in [0.2, 0.25) is 0 Å². The lowest BCUT2D eigenvalue weighted by Gasteiger charge is -1.95. The number of nitrogens with zero attached hydrogens (tertiary/aromatic N) is 2. The molecule has 2 nitrogen and oxygen atoms in total. The maximum absolute atomic E-state index is 3.93. The summed E-state index contributed by atoms with van der Waals surface area (Å²) in [6, 6.07) is 1.84. The first-order valence-electron chi connectivity index (χ1n) is 2.66. The van der Waals surface area contributed by atoms with E-state index in [-0.39, 0.29) is 0 Å². The molecule has 0 unspecified atom stereocenters. The monoisotopic (exact) mass is 120 g/mol. The smallest absolute Gasteiger partial charge is 0.0567 e. The molecule has 0 spiro atoms. The molecular formula is C7H8N2. The van der Waals surface area contributed by atoms with Crippen molar-refractivity contribution < 1.29 is 0 Å². The van der Waals surface area contributed by atoms with Crippen LogP contribution in [-0.2, 0) is 0 Å². The SMILES string of the molecule is C=CC(=C)n1cccn1. The summed E-state index contributed by atoms with van der Waals surface area (Å²) in [6.07, 6.45) is 5.19. The van der Waals surface area contributed by atoms with E-state index in [1.54, 1.807) is 17.0 Å². The van der Waals surface area contributed by atoms with Gasteiger partial charge >= 0.3 is 0 Å². The highest BCUT2D eigenvalue weighted by atomic mass is 15.3. The lowest BCUT2D eigenvalue weighted by atomic mass is 10.5. The molecule has 0 atom stereocenters. The normalized spacial score (nSPS) is 8.89. The molecule has 1 rings (SSSR count). The number of rotatable bonds is 2. The van der Waals surface area contributed by atoms with Crippen molar-refractivity contribution >= 4 is 5.70 Å². The van der Waals surface area contributed by atoms with E-state index in [0.29, 0.717) is 0 Å². The highest BCUT2D eigenvalue weighted by molar-refractivity contribution is 5.51. The molecule has 0 aliphatic rings. The molecule has 2 heteroatoms. The van der Waals surface area contributed by atoms with Crippen molar-refractivity contribution in [2.24, 2.45) is 0 Å². The molecule has 0 fully saturated rings. The van der Waals surface area contributed by atoms with Crippen molar-refractivity contribution in [3.05, 3.63) is 37.7 Å². The maximum atomic E-state index is 3.93. The predicted molar refractivity (Wildman–Crippen MR) is 37.8 cm³/mol. The van der Waals surface area contributed by atoms with Crippen LogP contribution in [0.1, 0.15) is 0 Å². The highest BCUT2D eigenvalue weighted by Crippen LogP contribution is 1.97. The minimum absolute atomic E-state index is 0.792. The molecule has 1 aromatic rings. The molecule has 0 aliphatic carbocycles. The van der Waals surface area contributed by atoms with Crippen LogP contribution in [0.4, 0.5) is 0 Å². The van der Waals surface area contributed by atoms with Gasteiger partial charge in [0.25, 0.3) is 0 Å². The largest absolute Gasteiger partial charge is 0.242 e. The van der Waals surface area contributed by atoms with Gasteiger partial charge in [0.1, 0.15) is 0 Å². The van der Waals surface area contributed by atoms with Gasteiger partial charge in [0.05, 0.1) is 5.70 Å². The number of hydrogen-bond acceptors (Lipinski definition) is 1. The Kier molecular flexibility index (Phi) is 1.49. The average Bonchev–Trinajstić information content (AvgIpc) is 2.37. The van der Waals surface area contributed by atoms with Gasteiger partial charge in [-0.1, -0.05) is 13.2 Å². The summed E-state index contributed by atoms with van der Waals surface area (Å²) in [5, 5.41) is 3.93. The Balaban J connectivity index is 2.89. The van der Waals surface area contributed by atoms with Crippen LogP contribution in [0.25, 0.3) is 5.70 Å². The Labute approximate surface area is 54.1 Å². The van der Waals surface area contributed by atoms with Crippen molar-refractivity contribution in [3.63, 3.8) is 0 Å². The first-order valence-corrected chi connectivity index (χ1v) is 2.66. The molecule has 1 aromatic heterocycles. The van der Waals surface area contributed by atoms with Crippen molar-refractivity contribution in [2.75, 3.05) is 0 Å². The maximum Gasteiger partial charge on any atom is 0.0567 e. The Morgan fingerprint density at radius 1 is 1.67 bits per heavy atom. The summed E-state index contributed by atoms with van der Waals surface area (Å²) in [5.74, 6) is 0. The zero-order chi connectivity index (χ0) is 6.69. The minimum atomic E-state index is 0.792. The second-order valence-electron chi connectivity index (χ2n) is 1.65. The van der Waals surface area contributed by atoms with E-state index in [1.807, 2.05) is 12.3 Å². The van der Waals surface area contributed by atoms with Crippen LogP contribution in [0.15, 0.2) is 37.7 Å². The van der Waals surface area contributed by atoms with E-state index in [0.717, 1.165) is 5.70 Å². The van der Waals surface area contributed by atoms with Crippen molar-refractivity contribution in [3.8, 4) is 0 Å². The summed E-state index contributed by atoms with van der Waals surface area (Å²) in [5.41, 5.74) is 0.792. The van der Waals surface area contributed by atoms with Gasteiger partial charge in [-0.15, -0.1) is 0 Å². The van der Waals surface area contributed by atoms with Crippen molar-refractivity contribution in [1.29, 1.82) is 0 Å². The van der Waals surface area contributed by atoms with E-state index in [4.69, 9.17) is 0 Å². The minimum Gasteiger partial charge on any atom is -0.242 e. The highest BCUT2D eigenvalue weighted by Gasteiger charge is 1.87. The summed E-state index contributed by atoms with van der Waals surface area (Å²) < 4.78 is 1.66. The molecular weight excluding hydrogens is 112 g/mol. The van der Waals surface area contributed by atoms with Crippen LogP contribution < -0.4 is 0 Å². The Morgan fingerprint density at radius 2 is 2.44 bits per heavy atom. The molecule has 0 aromatic carbocycles. The third-order valence-corrected chi connectivity index (χ3v) is 1.03. The Bertz CT molecular complexity index is 209. The van der Waals surface area contributed by atoms with Gasteiger partial charge in [-0.25, -0.2) is 4.68 Å². The fourth-order valence-corrected chi connectivity index (χ4v) is 0.532. The van der Waals surface area contributed by atoms with Crippen molar-refractivity contribution in [2.45, 2.75) is 0 Å². The summed E-state index contributed by atoms with van der Waals surface area (Å²) in [6.45, 7) is 7.25. The average molecular weight is 120 g/mol. The van der Waals surface area contributed by atoms with Gasteiger partial charge in [-0.2, -0.15) is 5.10 Å². The molecule has 0 saturated carbocycles. The molecule has 0 bridgehead atoms. The van der Waals surface area contributed by atoms with Crippen LogP contribution in [0.5, 0.6) is 0 Å². The van der Waals surface area contributed by atoms with Crippen molar-refractivity contribution in [1.82, 2.24) is 9.78 Å². The third-order valence-electron chi connectivity index (χ3n) is 1.03. The standard InChI is InChI=1S/C7H8N2/c1-3-7(2)9-6-4-5-8-9/h3-6H,1-2H2. The third kappa shape index (κ3) is 1.08. The molecule has 0 aliphatic heterocycles.